The molecule has 2 rings (SSSR count). The number of carbonyl (C=O) groups excluding carboxylic acids is 1. The number of hydrogen-bond donors (Lipinski definition) is 1. The van der Waals surface area contributed by atoms with Crippen molar-refractivity contribution in [2.45, 2.75) is 17.9 Å². The Morgan fingerprint density at radius 3 is 2.52 bits per heavy atom. The molecule has 23 heavy (non-hydrogen) atoms. The van der Waals surface area contributed by atoms with Gasteiger partial charge in [-0.1, -0.05) is 29.3 Å². The summed E-state index contributed by atoms with van der Waals surface area (Å²) < 4.78 is 5.11. The molecule has 1 atom stereocenters. The van der Waals surface area contributed by atoms with Crippen molar-refractivity contribution in [3.8, 4) is 5.75 Å². The van der Waals surface area contributed by atoms with Gasteiger partial charge in [-0.2, -0.15) is 0 Å². The highest BCUT2D eigenvalue weighted by atomic mass is 35.5. The third kappa shape index (κ3) is 5.34. The summed E-state index contributed by atoms with van der Waals surface area (Å²) in [6.07, 6.45) is 0. The summed E-state index contributed by atoms with van der Waals surface area (Å²) in [5.74, 6) is 1.08. The van der Waals surface area contributed by atoms with Gasteiger partial charge in [-0.05, 0) is 48.9 Å². The Labute approximate surface area is 150 Å². The summed E-state index contributed by atoms with van der Waals surface area (Å²) in [7, 11) is 1.62. The Balaban J connectivity index is 1.88. The lowest BCUT2D eigenvalue weighted by Crippen LogP contribution is -2.28. The first-order valence-corrected chi connectivity index (χ1v) is 8.75. The maximum atomic E-state index is 12.1. The Bertz CT molecular complexity index is 677. The minimum absolute atomic E-state index is 0.0515. The number of nitrogens with one attached hydrogen (secondary N) is 1. The van der Waals surface area contributed by atoms with Crippen molar-refractivity contribution in [2.75, 3.05) is 12.9 Å². The monoisotopic (exact) mass is 369 g/mol. The lowest BCUT2D eigenvalue weighted by Gasteiger charge is -2.16. The zero-order valence-corrected chi connectivity index (χ0v) is 15.1. The second-order valence-corrected chi connectivity index (χ2v) is 6.81. The molecule has 6 heteroatoms. The fourth-order valence-corrected chi connectivity index (χ4v) is 3.32. The predicted octanol–water partition coefficient (Wildman–Crippen LogP) is 4.97. The van der Waals surface area contributed by atoms with Gasteiger partial charge in [-0.15, -0.1) is 11.8 Å². The molecule has 0 aliphatic heterocycles. The van der Waals surface area contributed by atoms with Crippen molar-refractivity contribution in [3.63, 3.8) is 0 Å². The number of rotatable bonds is 6. The van der Waals surface area contributed by atoms with Crippen LogP contribution in [0.1, 0.15) is 18.5 Å². The summed E-state index contributed by atoms with van der Waals surface area (Å²) >= 11 is 13.5. The molecule has 0 fully saturated rings. The van der Waals surface area contributed by atoms with E-state index in [4.69, 9.17) is 27.9 Å². The fraction of sp³-hybridized carbons (Fsp3) is 0.235. The molecule has 0 bridgehead atoms. The van der Waals surface area contributed by atoms with Crippen molar-refractivity contribution < 1.29 is 9.53 Å². The molecule has 1 unspecified atom stereocenters. The lowest BCUT2D eigenvalue weighted by molar-refractivity contribution is -0.119. The van der Waals surface area contributed by atoms with Gasteiger partial charge in [0.2, 0.25) is 5.91 Å². The molecule has 0 saturated carbocycles. The predicted molar refractivity (Wildman–Crippen MR) is 96.7 cm³/mol. The van der Waals surface area contributed by atoms with E-state index in [-0.39, 0.29) is 11.9 Å². The van der Waals surface area contributed by atoms with Crippen LogP contribution in [-0.4, -0.2) is 18.8 Å². The second kappa shape index (κ2) is 8.48. The number of halogens is 2. The van der Waals surface area contributed by atoms with Crippen LogP contribution in [0.25, 0.3) is 0 Å². The van der Waals surface area contributed by atoms with Crippen LogP contribution >= 0.6 is 35.0 Å². The largest absolute Gasteiger partial charge is 0.497 e. The minimum atomic E-state index is -0.177. The molecule has 2 aromatic carbocycles. The van der Waals surface area contributed by atoms with E-state index in [0.29, 0.717) is 15.8 Å². The topological polar surface area (TPSA) is 38.3 Å². The smallest absolute Gasteiger partial charge is 0.230 e. The van der Waals surface area contributed by atoms with E-state index >= 15 is 0 Å². The van der Waals surface area contributed by atoms with Gasteiger partial charge in [-0.25, -0.2) is 0 Å². The van der Waals surface area contributed by atoms with Crippen molar-refractivity contribution in [1.82, 2.24) is 5.32 Å². The summed E-state index contributed by atoms with van der Waals surface area (Å²) in [6, 6.07) is 12.7. The number of carbonyl (C=O) groups is 1. The molecule has 0 radical (unpaired) electrons. The molecule has 122 valence electrons. The highest BCUT2D eigenvalue weighted by Crippen LogP contribution is 2.26. The van der Waals surface area contributed by atoms with Gasteiger partial charge in [0.1, 0.15) is 5.75 Å². The maximum absolute atomic E-state index is 12.1. The molecule has 2 aromatic rings. The minimum Gasteiger partial charge on any atom is -0.497 e. The molecule has 0 aliphatic rings. The van der Waals surface area contributed by atoms with Crippen LogP contribution in [0.2, 0.25) is 10.0 Å². The summed E-state index contributed by atoms with van der Waals surface area (Å²) in [5, 5.41) is 4.06. The van der Waals surface area contributed by atoms with Gasteiger partial charge in [-0.3, -0.25) is 4.79 Å². The molecule has 0 aromatic heterocycles. The molecule has 0 saturated heterocycles. The van der Waals surface area contributed by atoms with E-state index in [1.165, 1.54) is 11.8 Å². The van der Waals surface area contributed by atoms with Crippen LogP contribution in [0.5, 0.6) is 5.75 Å². The second-order valence-electron chi connectivity index (χ2n) is 4.92. The maximum Gasteiger partial charge on any atom is 0.230 e. The van der Waals surface area contributed by atoms with Gasteiger partial charge < -0.3 is 10.1 Å². The highest BCUT2D eigenvalue weighted by Gasteiger charge is 2.13. The lowest BCUT2D eigenvalue weighted by atomic mass is 10.1. The van der Waals surface area contributed by atoms with Crippen molar-refractivity contribution >= 4 is 40.9 Å². The number of benzene rings is 2. The Morgan fingerprint density at radius 1 is 1.22 bits per heavy atom. The number of methoxy groups -OCH3 is 1. The van der Waals surface area contributed by atoms with E-state index in [2.05, 4.69) is 5.32 Å². The quantitative estimate of drug-likeness (QED) is 0.730. The SMILES string of the molecule is COc1ccc(SCC(=O)NC(C)c2ccc(Cl)cc2Cl)cc1. The third-order valence-electron chi connectivity index (χ3n) is 3.24. The van der Waals surface area contributed by atoms with Crippen LogP contribution in [0.3, 0.4) is 0 Å². The van der Waals surface area contributed by atoms with E-state index in [1.807, 2.05) is 37.3 Å². The molecule has 0 spiro atoms. The van der Waals surface area contributed by atoms with Crippen molar-refractivity contribution in [3.05, 3.63) is 58.1 Å². The van der Waals surface area contributed by atoms with Crippen LogP contribution < -0.4 is 10.1 Å². The Morgan fingerprint density at radius 2 is 1.91 bits per heavy atom. The number of thioether (sulfide) groups is 1. The summed E-state index contributed by atoms with van der Waals surface area (Å²) in [4.78, 5) is 13.1. The van der Waals surface area contributed by atoms with Gasteiger partial charge >= 0.3 is 0 Å². The summed E-state index contributed by atoms with van der Waals surface area (Å²) in [5.41, 5.74) is 0.846. The normalized spacial score (nSPS) is 11.8. The zero-order chi connectivity index (χ0) is 16.8. The third-order valence-corrected chi connectivity index (χ3v) is 4.81. The van der Waals surface area contributed by atoms with E-state index in [0.717, 1.165) is 16.2 Å². The molecular weight excluding hydrogens is 353 g/mol. The molecule has 1 amide bonds. The van der Waals surface area contributed by atoms with Crippen LogP contribution in [0, 0.1) is 0 Å². The average Bonchev–Trinajstić information content (AvgIpc) is 2.53. The molecule has 0 heterocycles. The number of hydrogen-bond acceptors (Lipinski definition) is 3. The molecule has 1 N–H and O–H groups in total. The summed E-state index contributed by atoms with van der Waals surface area (Å²) in [6.45, 7) is 1.89. The van der Waals surface area contributed by atoms with Crippen LogP contribution in [-0.2, 0) is 4.79 Å². The molecule has 0 aliphatic carbocycles. The van der Waals surface area contributed by atoms with Crippen molar-refractivity contribution in [2.24, 2.45) is 0 Å². The van der Waals surface area contributed by atoms with E-state index in [9.17, 15) is 4.79 Å². The number of amides is 1. The van der Waals surface area contributed by atoms with E-state index in [1.54, 1.807) is 19.2 Å². The van der Waals surface area contributed by atoms with E-state index < -0.39 is 0 Å². The first kappa shape index (κ1) is 18.0. The first-order valence-electron chi connectivity index (χ1n) is 7.00. The van der Waals surface area contributed by atoms with Crippen LogP contribution in [0.15, 0.2) is 47.4 Å². The molecule has 3 nitrogen and oxygen atoms in total. The fourth-order valence-electron chi connectivity index (χ4n) is 2.03. The van der Waals surface area contributed by atoms with Gasteiger partial charge in [0.25, 0.3) is 0 Å². The van der Waals surface area contributed by atoms with Crippen molar-refractivity contribution in [1.29, 1.82) is 0 Å². The molecular formula is C17H17Cl2NO2S. The Kier molecular flexibility index (Phi) is 6.63. The first-order chi connectivity index (χ1) is 11.0. The zero-order valence-electron chi connectivity index (χ0n) is 12.8. The van der Waals surface area contributed by atoms with Gasteiger partial charge in [0.15, 0.2) is 0 Å². The van der Waals surface area contributed by atoms with Gasteiger partial charge in [0.05, 0.1) is 18.9 Å². The average molecular weight is 370 g/mol. The van der Waals surface area contributed by atoms with Gasteiger partial charge in [0, 0.05) is 14.9 Å². The standard InChI is InChI=1S/C17H17Cl2NO2S/c1-11(15-8-3-12(18)9-16(15)19)20-17(21)10-23-14-6-4-13(22-2)5-7-14/h3-9,11H,10H2,1-2H3,(H,20,21). The van der Waals surface area contributed by atoms with Crippen LogP contribution in [0.4, 0.5) is 0 Å². The number of ether oxygens (including phenoxy) is 1. The highest BCUT2D eigenvalue weighted by molar-refractivity contribution is 8.00. The Hall–Kier alpha value is -1.36.